The summed E-state index contributed by atoms with van der Waals surface area (Å²) in [4.78, 5) is 14.3. The normalized spacial score (nSPS) is 28.7. The van der Waals surface area contributed by atoms with E-state index in [0.717, 1.165) is 31.5 Å². The largest absolute Gasteiger partial charge is 0.341 e. The molecule has 1 aliphatic carbocycles. The van der Waals surface area contributed by atoms with Gasteiger partial charge in [-0.1, -0.05) is 20.8 Å². The maximum Gasteiger partial charge on any atom is 0.239 e. The first kappa shape index (κ1) is 16.8. The third kappa shape index (κ3) is 4.70. The van der Waals surface area contributed by atoms with Gasteiger partial charge in [-0.3, -0.25) is 4.79 Å². The summed E-state index contributed by atoms with van der Waals surface area (Å²) in [6.45, 7) is 12.1. The van der Waals surface area contributed by atoms with Gasteiger partial charge in [0.15, 0.2) is 0 Å². The molecule has 2 aliphatic rings. The van der Waals surface area contributed by atoms with Gasteiger partial charge in [-0.25, -0.2) is 0 Å². The summed E-state index contributed by atoms with van der Waals surface area (Å²) in [7, 11) is 0. The molecule has 122 valence electrons. The van der Waals surface area contributed by atoms with E-state index in [1.165, 1.54) is 38.5 Å². The molecular formula is C18H34N2O. The van der Waals surface area contributed by atoms with Crippen LogP contribution in [0.25, 0.3) is 0 Å². The van der Waals surface area contributed by atoms with Gasteiger partial charge in [0.2, 0.25) is 5.91 Å². The first-order chi connectivity index (χ1) is 9.88. The van der Waals surface area contributed by atoms with Crippen molar-refractivity contribution in [2.75, 3.05) is 19.6 Å². The highest BCUT2D eigenvalue weighted by molar-refractivity contribution is 5.81. The highest BCUT2D eigenvalue weighted by Crippen LogP contribution is 2.39. The van der Waals surface area contributed by atoms with Crippen molar-refractivity contribution in [1.29, 1.82) is 0 Å². The van der Waals surface area contributed by atoms with Crippen molar-refractivity contribution in [3.8, 4) is 0 Å². The molecule has 0 radical (unpaired) electrons. The molecule has 1 N–H and O–H groups in total. The number of nitrogens with one attached hydrogen (secondary N) is 1. The van der Waals surface area contributed by atoms with E-state index >= 15 is 0 Å². The van der Waals surface area contributed by atoms with Crippen LogP contribution < -0.4 is 5.32 Å². The smallest absolute Gasteiger partial charge is 0.239 e. The van der Waals surface area contributed by atoms with Gasteiger partial charge in [0.25, 0.3) is 0 Å². The topological polar surface area (TPSA) is 32.3 Å². The molecule has 21 heavy (non-hydrogen) atoms. The Labute approximate surface area is 130 Å². The van der Waals surface area contributed by atoms with Crippen LogP contribution in [0, 0.1) is 17.3 Å². The second-order valence-corrected chi connectivity index (χ2v) is 8.25. The third-order valence-corrected chi connectivity index (χ3v) is 5.57. The van der Waals surface area contributed by atoms with Crippen molar-refractivity contribution in [3.05, 3.63) is 0 Å². The van der Waals surface area contributed by atoms with Gasteiger partial charge < -0.3 is 10.2 Å². The number of amides is 1. The van der Waals surface area contributed by atoms with Gasteiger partial charge in [0.05, 0.1) is 6.04 Å². The Hall–Kier alpha value is -0.570. The van der Waals surface area contributed by atoms with E-state index in [1.54, 1.807) is 0 Å². The molecular weight excluding hydrogens is 260 g/mol. The molecule has 1 saturated carbocycles. The van der Waals surface area contributed by atoms with Crippen molar-refractivity contribution < 1.29 is 4.79 Å². The number of rotatable bonds is 4. The zero-order chi connectivity index (χ0) is 15.5. The van der Waals surface area contributed by atoms with Gasteiger partial charge in [-0.2, -0.15) is 0 Å². The maximum absolute atomic E-state index is 12.3. The molecule has 0 aromatic carbocycles. The van der Waals surface area contributed by atoms with E-state index in [-0.39, 0.29) is 6.04 Å². The van der Waals surface area contributed by atoms with E-state index in [4.69, 9.17) is 0 Å². The Bertz CT molecular complexity index is 334. The predicted octanol–water partition coefficient (Wildman–Crippen LogP) is 3.44. The highest BCUT2D eigenvalue weighted by atomic mass is 16.2. The van der Waals surface area contributed by atoms with Crippen molar-refractivity contribution >= 4 is 5.91 Å². The molecule has 0 spiro atoms. The van der Waals surface area contributed by atoms with Crippen LogP contribution in [-0.4, -0.2) is 36.5 Å². The van der Waals surface area contributed by atoms with Crippen LogP contribution in [0.2, 0.25) is 0 Å². The minimum absolute atomic E-state index is 0.0107. The van der Waals surface area contributed by atoms with Crippen LogP contribution in [0.3, 0.4) is 0 Å². The molecule has 0 bridgehead atoms. The lowest BCUT2D eigenvalue weighted by atomic mass is 9.70. The molecule has 3 nitrogen and oxygen atoms in total. The van der Waals surface area contributed by atoms with Crippen molar-refractivity contribution in [3.63, 3.8) is 0 Å². The Morgan fingerprint density at radius 2 is 1.71 bits per heavy atom. The Morgan fingerprint density at radius 1 is 1.14 bits per heavy atom. The molecule has 1 heterocycles. The minimum atomic E-state index is -0.0107. The second-order valence-electron chi connectivity index (χ2n) is 8.25. The number of hydrogen-bond acceptors (Lipinski definition) is 2. The van der Waals surface area contributed by atoms with Crippen molar-refractivity contribution in [1.82, 2.24) is 10.2 Å². The lowest BCUT2D eigenvalue weighted by Gasteiger charge is -2.37. The lowest BCUT2D eigenvalue weighted by Crippen LogP contribution is -2.45. The monoisotopic (exact) mass is 294 g/mol. The number of hydrogen-bond donors (Lipinski definition) is 1. The number of likely N-dealkylation sites (tertiary alicyclic amines) is 1. The third-order valence-electron chi connectivity index (χ3n) is 5.57. The van der Waals surface area contributed by atoms with Gasteiger partial charge in [-0.05, 0) is 69.2 Å². The number of carbonyl (C=O) groups excluding carboxylic acids is 1. The number of carbonyl (C=O) groups is 1. The van der Waals surface area contributed by atoms with Crippen LogP contribution in [0.1, 0.15) is 66.2 Å². The molecule has 3 heteroatoms. The quantitative estimate of drug-likeness (QED) is 0.861. The summed E-state index contributed by atoms with van der Waals surface area (Å²) in [6.07, 6.45) is 7.69. The summed E-state index contributed by atoms with van der Waals surface area (Å²) < 4.78 is 0. The van der Waals surface area contributed by atoms with Crippen LogP contribution in [0.4, 0.5) is 0 Å². The fourth-order valence-corrected chi connectivity index (χ4v) is 3.87. The molecule has 1 atom stereocenters. The van der Waals surface area contributed by atoms with E-state index in [9.17, 15) is 4.79 Å². The fourth-order valence-electron chi connectivity index (χ4n) is 3.87. The number of nitrogens with zero attached hydrogens (tertiary/aromatic N) is 1. The molecule has 2 rings (SSSR count). The van der Waals surface area contributed by atoms with Crippen molar-refractivity contribution in [2.24, 2.45) is 17.3 Å². The first-order valence-electron chi connectivity index (χ1n) is 8.90. The average Bonchev–Trinajstić information content (AvgIpc) is 2.97. The van der Waals surface area contributed by atoms with E-state index in [0.29, 0.717) is 11.3 Å². The summed E-state index contributed by atoms with van der Waals surface area (Å²) in [5.74, 6) is 1.94. The Kier molecular flexibility index (Phi) is 5.70. The van der Waals surface area contributed by atoms with E-state index in [2.05, 4.69) is 26.1 Å². The molecule has 1 unspecified atom stereocenters. The molecule has 2 fully saturated rings. The SMILES string of the molecule is CC(NCC1CCC(C(C)(C)C)CC1)C(=O)N1CCCC1. The molecule has 1 saturated heterocycles. The summed E-state index contributed by atoms with van der Waals surface area (Å²) >= 11 is 0. The van der Waals surface area contributed by atoms with Gasteiger partial charge >= 0.3 is 0 Å². The van der Waals surface area contributed by atoms with Crippen LogP contribution in [-0.2, 0) is 4.79 Å². The molecule has 1 amide bonds. The fraction of sp³-hybridized carbons (Fsp3) is 0.944. The predicted molar refractivity (Wildman–Crippen MR) is 88.2 cm³/mol. The summed E-state index contributed by atoms with van der Waals surface area (Å²) in [6, 6.07) is -0.0107. The second kappa shape index (κ2) is 7.13. The van der Waals surface area contributed by atoms with E-state index < -0.39 is 0 Å². The zero-order valence-electron chi connectivity index (χ0n) is 14.5. The molecule has 0 aromatic rings. The van der Waals surface area contributed by atoms with Gasteiger partial charge in [-0.15, -0.1) is 0 Å². The maximum atomic E-state index is 12.3. The van der Waals surface area contributed by atoms with Gasteiger partial charge in [0, 0.05) is 13.1 Å². The summed E-state index contributed by atoms with van der Waals surface area (Å²) in [5.41, 5.74) is 0.456. The van der Waals surface area contributed by atoms with Crippen LogP contribution in [0.5, 0.6) is 0 Å². The highest BCUT2D eigenvalue weighted by Gasteiger charge is 2.30. The minimum Gasteiger partial charge on any atom is -0.341 e. The molecule has 1 aliphatic heterocycles. The van der Waals surface area contributed by atoms with Gasteiger partial charge in [0.1, 0.15) is 0 Å². The Balaban J connectivity index is 1.68. The van der Waals surface area contributed by atoms with Crippen LogP contribution in [0.15, 0.2) is 0 Å². The standard InChI is InChI=1S/C18H34N2O/c1-14(17(21)20-11-5-6-12-20)19-13-15-7-9-16(10-8-15)18(2,3)4/h14-16,19H,5-13H2,1-4H3. The Morgan fingerprint density at radius 3 is 2.24 bits per heavy atom. The average molecular weight is 294 g/mol. The molecule has 0 aromatic heterocycles. The zero-order valence-corrected chi connectivity index (χ0v) is 14.5. The van der Waals surface area contributed by atoms with E-state index in [1.807, 2.05) is 11.8 Å². The summed E-state index contributed by atoms with van der Waals surface area (Å²) in [5, 5.41) is 3.49. The van der Waals surface area contributed by atoms with Crippen LogP contribution >= 0.6 is 0 Å². The van der Waals surface area contributed by atoms with Crippen molar-refractivity contribution in [2.45, 2.75) is 72.3 Å². The first-order valence-corrected chi connectivity index (χ1v) is 8.90. The lowest BCUT2D eigenvalue weighted by molar-refractivity contribution is -0.132.